The molecule has 0 aromatic heterocycles. The monoisotopic (exact) mass is 422 g/mol. The van der Waals surface area contributed by atoms with E-state index in [2.05, 4.69) is 4.72 Å². The highest BCUT2D eigenvalue weighted by Crippen LogP contribution is 2.20. The second-order valence-corrected chi connectivity index (χ2v) is 7.89. The summed E-state index contributed by atoms with van der Waals surface area (Å²) in [4.78, 5) is 12.3. The zero-order chi connectivity index (χ0) is 21.6. The molecule has 3 aromatic rings. The molecular formula is C22H18N2O5S. The lowest BCUT2D eigenvalue weighted by Gasteiger charge is -2.10. The van der Waals surface area contributed by atoms with E-state index in [9.17, 15) is 13.2 Å². The van der Waals surface area contributed by atoms with Crippen LogP contribution < -0.4 is 9.46 Å². The number of methoxy groups -OCH3 is 1. The first-order chi connectivity index (χ1) is 14.4. The van der Waals surface area contributed by atoms with E-state index in [0.717, 1.165) is 0 Å². The average Bonchev–Trinajstić information content (AvgIpc) is 2.78. The fourth-order valence-corrected chi connectivity index (χ4v) is 3.75. The lowest BCUT2D eigenvalue weighted by Crippen LogP contribution is -2.14. The first-order valence-corrected chi connectivity index (χ1v) is 10.3. The van der Waals surface area contributed by atoms with Crippen molar-refractivity contribution in [3.8, 4) is 11.8 Å². The van der Waals surface area contributed by atoms with E-state index in [1.807, 2.05) is 6.07 Å². The number of benzene rings is 3. The summed E-state index contributed by atoms with van der Waals surface area (Å²) < 4.78 is 38.1. The maximum absolute atomic E-state index is 12.7. The zero-order valence-electron chi connectivity index (χ0n) is 16.0. The Hall–Kier alpha value is -3.83. The molecule has 0 amide bonds. The zero-order valence-corrected chi connectivity index (χ0v) is 16.8. The number of sulfonamides is 1. The van der Waals surface area contributed by atoms with Gasteiger partial charge in [-0.1, -0.05) is 24.3 Å². The number of rotatable bonds is 7. The molecule has 0 aliphatic carbocycles. The van der Waals surface area contributed by atoms with Crippen LogP contribution >= 0.6 is 0 Å². The molecule has 0 heterocycles. The minimum Gasteiger partial charge on any atom is -0.497 e. The normalized spacial score (nSPS) is 10.7. The molecule has 0 aliphatic rings. The number of hydrogen-bond acceptors (Lipinski definition) is 6. The first kappa shape index (κ1) is 20.9. The van der Waals surface area contributed by atoms with E-state index in [-0.39, 0.29) is 17.1 Å². The second kappa shape index (κ2) is 9.11. The van der Waals surface area contributed by atoms with Gasteiger partial charge in [0, 0.05) is 11.3 Å². The van der Waals surface area contributed by atoms with Crippen molar-refractivity contribution >= 4 is 21.7 Å². The van der Waals surface area contributed by atoms with Crippen molar-refractivity contribution in [1.82, 2.24) is 0 Å². The molecule has 0 atom stereocenters. The van der Waals surface area contributed by atoms with Crippen molar-refractivity contribution in [2.45, 2.75) is 11.5 Å². The van der Waals surface area contributed by atoms with Gasteiger partial charge in [-0.15, -0.1) is 0 Å². The third kappa shape index (κ3) is 4.96. The van der Waals surface area contributed by atoms with E-state index in [0.29, 0.717) is 22.6 Å². The Kier molecular flexibility index (Phi) is 6.35. The highest BCUT2D eigenvalue weighted by Gasteiger charge is 2.17. The van der Waals surface area contributed by atoms with Crippen LogP contribution in [-0.4, -0.2) is 21.5 Å². The molecule has 152 valence electrons. The van der Waals surface area contributed by atoms with Gasteiger partial charge in [0.25, 0.3) is 10.0 Å². The van der Waals surface area contributed by atoms with Crippen LogP contribution in [0.4, 0.5) is 5.69 Å². The van der Waals surface area contributed by atoms with Crippen molar-refractivity contribution in [2.24, 2.45) is 0 Å². The molecule has 7 nitrogen and oxygen atoms in total. The Morgan fingerprint density at radius 1 is 1.03 bits per heavy atom. The van der Waals surface area contributed by atoms with Gasteiger partial charge in [0.1, 0.15) is 12.4 Å². The van der Waals surface area contributed by atoms with Gasteiger partial charge in [-0.2, -0.15) is 5.26 Å². The average molecular weight is 422 g/mol. The third-order valence-corrected chi connectivity index (χ3v) is 5.60. The number of hydrogen-bond donors (Lipinski definition) is 1. The van der Waals surface area contributed by atoms with Crippen LogP contribution in [0.15, 0.2) is 77.7 Å². The Morgan fingerprint density at radius 3 is 2.47 bits per heavy atom. The van der Waals surface area contributed by atoms with Crippen molar-refractivity contribution in [3.05, 3.63) is 89.5 Å². The van der Waals surface area contributed by atoms with Crippen molar-refractivity contribution in [2.75, 3.05) is 11.8 Å². The summed E-state index contributed by atoms with van der Waals surface area (Å²) >= 11 is 0. The number of nitrogens with zero attached hydrogens (tertiary/aromatic N) is 1. The quantitative estimate of drug-likeness (QED) is 0.582. The van der Waals surface area contributed by atoms with Crippen molar-refractivity contribution in [3.63, 3.8) is 0 Å². The molecule has 0 fully saturated rings. The van der Waals surface area contributed by atoms with E-state index in [1.165, 1.54) is 31.4 Å². The highest BCUT2D eigenvalue weighted by molar-refractivity contribution is 7.92. The first-order valence-electron chi connectivity index (χ1n) is 8.85. The van der Waals surface area contributed by atoms with Crippen LogP contribution in [-0.2, 0) is 21.4 Å². The summed E-state index contributed by atoms with van der Waals surface area (Å²) in [5, 5.41) is 9.11. The summed E-state index contributed by atoms with van der Waals surface area (Å²) in [7, 11) is -2.39. The van der Waals surface area contributed by atoms with E-state index in [4.69, 9.17) is 14.7 Å². The third-order valence-electron chi connectivity index (χ3n) is 4.22. The number of carbonyl (C=O) groups is 1. The van der Waals surface area contributed by atoms with Gasteiger partial charge in [-0.3, -0.25) is 4.72 Å². The molecule has 3 aromatic carbocycles. The summed E-state index contributed by atoms with van der Waals surface area (Å²) in [5.41, 5.74) is 1.42. The van der Waals surface area contributed by atoms with Crippen LogP contribution in [0, 0.1) is 11.3 Å². The van der Waals surface area contributed by atoms with E-state index < -0.39 is 16.0 Å². The van der Waals surface area contributed by atoms with Crippen molar-refractivity contribution < 1.29 is 22.7 Å². The number of anilines is 1. The predicted molar refractivity (Wildman–Crippen MR) is 111 cm³/mol. The Balaban J connectivity index is 1.74. The molecular weight excluding hydrogens is 404 g/mol. The molecule has 0 bridgehead atoms. The fraction of sp³-hybridized carbons (Fsp3) is 0.0909. The van der Waals surface area contributed by atoms with Crippen LogP contribution in [0.3, 0.4) is 0 Å². The van der Waals surface area contributed by atoms with E-state index >= 15 is 0 Å². The molecule has 3 rings (SSSR count). The number of esters is 1. The van der Waals surface area contributed by atoms with Gasteiger partial charge < -0.3 is 9.47 Å². The lowest BCUT2D eigenvalue weighted by molar-refractivity contribution is 0.0472. The fourth-order valence-electron chi connectivity index (χ4n) is 2.65. The molecule has 1 N–H and O–H groups in total. The number of nitrogens with one attached hydrogen (secondary N) is 1. The second-order valence-electron chi connectivity index (χ2n) is 6.21. The summed E-state index contributed by atoms with van der Waals surface area (Å²) in [6.07, 6.45) is 0. The largest absolute Gasteiger partial charge is 0.497 e. The molecule has 8 heteroatoms. The Morgan fingerprint density at radius 2 is 1.77 bits per heavy atom. The van der Waals surface area contributed by atoms with Gasteiger partial charge in [0.15, 0.2) is 0 Å². The van der Waals surface area contributed by atoms with Gasteiger partial charge in [-0.25, -0.2) is 13.2 Å². The SMILES string of the molecule is COc1ccc(NS(=O)(=O)c2cccc(C(=O)OCc3ccccc3C#N)c2)cc1. The number of nitriles is 1. The summed E-state index contributed by atoms with van der Waals surface area (Å²) in [6, 6.07) is 20.7. The molecule has 0 saturated carbocycles. The highest BCUT2D eigenvalue weighted by atomic mass is 32.2. The standard InChI is InChI=1S/C22H18N2O5S/c1-28-20-11-9-19(10-12-20)24-30(26,27)21-8-4-7-16(13-21)22(25)29-15-18-6-3-2-5-17(18)14-23/h2-13,24H,15H2,1H3. The molecule has 0 radical (unpaired) electrons. The number of carbonyl (C=O) groups excluding carboxylic acids is 1. The number of ether oxygens (including phenoxy) is 2. The molecule has 0 saturated heterocycles. The summed E-state index contributed by atoms with van der Waals surface area (Å²) in [5.74, 6) is -0.0927. The lowest BCUT2D eigenvalue weighted by atomic mass is 10.1. The molecule has 0 unspecified atom stereocenters. The minimum absolute atomic E-state index is 0.0785. The predicted octanol–water partition coefficient (Wildman–Crippen LogP) is 3.72. The maximum Gasteiger partial charge on any atom is 0.338 e. The Bertz CT molecular complexity index is 1200. The molecule has 0 aliphatic heterocycles. The Labute approximate surface area is 174 Å². The molecule has 30 heavy (non-hydrogen) atoms. The van der Waals surface area contributed by atoms with Crippen LogP contribution in [0.1, 0.15) is 21.5 Å². The minimum atomic E-state index is -3.91. The maximum atomic E-state index is 12.7. The molecule has 0 spiro atoms. The van der Waals surface area contributed by atoms with Crippen LogP contribution in [0.2, 0.25) is 0 Å². The van der Waals surface area contributed by atoms with Gasteiger partial charge in [0.2, 0.25) is 0 Å². The van der Waals surface area contributed by atoms with Gasteiger partial charge >= 0.3 is 5.97 Å². The van der Waals surface area contributed by atoms with Crippen LogP contribution in [0.25, 0.3) is 0 Å². The van der Waals surface area contributed by atoms with Crippen molar-refractivity contribution in [1.29, 1.82) is 5.26 Å². The van der Waals surface area contributed by atoms with Gasteiger partial charge in [0.05, 0.1) is 29.2 Å². The smallest absolute Gasteiger partial charge is 0.338 e. The topological polar surface area (TPSA) is 105 Å². The summed E-state index contributed by atoms with van der Waals surface area (Å²) in [6.45, 7) is -0.0936. The van der Waals surface area contributed by atoms with Gasteiger partial charge in [-0.05, 0) is 48.5 Å². The van der Waals surface area contributed by atoms with E-state index in [1.54, 1.807) is 48.5 Å². The van der Waals surface area contributed by atoms with Crippen LogP contribution in [0.5, 0.6) is 5.75 Å².